The zero-order valence-corrected chi connectivity index (χ0v) is 12.1. The summed E-state index contributed by atoms with van der Waals surface area (Å²) >= 11 is 0. The van der Waals surface area contributed by atoms with Crippen molar-refractivity contribution >= 4 is 5.91 Å². The summed E-state index contributed by atoms with van der Waals surface area (Å²) in [6, 6.07) is -0.111. The quantitative estimate of drug-likeness (QED) is 0.858. The molecule has 1 unspecified atom stereocenters. The lowest BCUT2D eigenvalue weighted by Crippen LogP contribution is -2.41. The van der Waals surface area contributed by atoms with E-state index >= 15 is 0 Å². The third kappa shape index (κ3) is 3.14. The van der Waals surface area contributed by atoms with E-state index < -0.39 is 0 Å². The van der Waals surface area contributed by atoms with Crippen molar-refractivity contribution in [3.63, 3.8) is 0 Å². The molecule has 5 heteroatoms. The molecule has 1 fully saturated rings. The van der Waals surface area contributed by atoms with Crippen LogP contribution in [0.5, 0.6) is 0 Å². The van der Waals surface area contributed by atoms with Gasteiger partial charge in [-0.05, 0) is 32.1 Å². The Morgan fingerprint density at radius 2 is 2.11 bits per heavy atom. The molecule has 2 rings (SSSR count). The summed E-state index contributed by atoms with van der Waals surface area (Å²) in [5.41, 5.74) is -0.164. The molecule has 19 heavy (non-hydrogen) atoms. The van der Waals surface area contributed by atoms with Crippen LogP contribution in [0.3, 0.4) is 0 Å². The Labute approximate surface area is 114 Å². The Hall–Kier alpha value is -1.39. The van der Waals surface area contributed by atoms with E-state index in [1.54, 1.807) is 0 Å². The molecule has 0 aliphatic heterocycles. The second kappa shape index (κ2) is 5.72. The third-order valence-electron chi connectivity index (χ3n) is 4.03. The first-order chi connectivity index (χ1) is 9.03. The first-order valence-corrected chi connectivity index (χ1v) is 7.20. The topological polar surface area (TPSA) is 70.7 Å². The minimum Gasteiger partial charge on any atom is -0.346 e. The van der Waals surface area contributed by atoms with Crippen LogP contribution in [-0.4, -0.2) is 21.1 Å². The number of nitrogens with one attached hydrogen (secondary N) is 2. The van der Waals surface area contributed by atoms with E-state index in [0.29, 0.717) is 11.7 Å². The Morgan fingerprint density at radius 3 is 2.63 bits per heavy atom. The first-order valence-electron chi connectivity index (χ1n) is 7.20. The van der Waals surface area contributed by atoms with E-state index in [4.69, 9.17) is 0 Å². The van der Waals surface area contributed by atoms with Crippen molar-refractivity contribution in [2.24, 2.45) is 11.3 Å². The van der Waals surface area contributed by atoms with Crippen LogP contribution in [0.2, 0.25) is 0 Å². The fourth-order valence-corrected chi connectivity index (χ4v) is 3.20. The maximum Gasteiger partial charge on any atom is 0.226 e. The van der Waals surface area contributed by atoms with Crippen LogP contribution < -0.4 is 5.32 Å². The molecule has 1 aromatic heterocycles. The highest BCUT2D eigenvalue weighted by Gasteiger charge is 2.41. The van der Waals surface area contributed by atoms with Crippen LogP contribution in [0.15, 0.2) is 6.33 Å². The van der Waals surface area contributed by atoms with Gasteiger partial charge in [-0.25, -0.2) is 4.98 Å². The number of rotatable bonds is 5. The van der Waals surface area contributed by atoms with Crippen LogP contribution >= 0.6 is 0 Å². The molecule has 1 saturated carbocycles. The molecule has 2 N–H and O–H groups in total. The van der Waals surface area contributed by atoms with Gasteiger partial charge in [0.2, 0.25) is 5.91 Å². The van der Waals surface area contributed by atoms with Crippen LogP contribution in [0.1, 0.15) is 64.7 Å². The normalized spacial score (nSPS) is 19.6. The number of carbonyl (C=O) groups excluding carboxylic acids is 1. The first kappa shape index (κ1) is 14.0. The average molecular weight is 264 g/mol. The molecule has 1 aliphatic rings. The Balaban J connectivity index is 2.04. The fourth-order valence-electron chi connectivity index (χ4n) is 3.20. The van der Waals surface area contributed by atoms with Crippen molar-refractivity contribution in [1.82, 2.24) is 20.5 Å². The van der Waals surface area contributed by atoms with Gasteiger partial charge in [0.1, 0.15) is 12.2 Å². The maximum absolute atomic E-state index is 12.6. The van der Waals surface area contributed by atoms with Gasteiger partial charge in [-0.15, -0.1) is 0 Å². The molecule has 106 valence electrons. The van der Waals surface area contributed by atoms with Gasteiger partial charge < -0.3 is 5.32 Å². The van der Waals surface area contributed by atoms with Crippen molar-refractivity contribution in [3.8, 4) is 0 Å². The Bertz CT molecular complexity index is 407. The minimum atomic E-state index is -0.164. The molecular weight excluding hydrogens is 240 g/mol. The summed E-state index contributed by atoms with van der Waals surface area (Å²) in [7, 11) is 0. The number of aromatic amines is 1. The standard InChI is InChI=1S/C14H24N4O/c1-10(2)8-14(6-4-5-7-14)13(19)17-11(3)12-15-9-16-18-12/h9-11H,4-8H2,1-3H3,(H,17,19)(H,15,16,18). The summed E-state index contributed by atoms with van der Waals surface area (Å²) in [6.07, 6.45) is 6.80. The predicted octanol–water partition coefficient (Wildman–Crippen LogP) is 2.59. The smallest absolute Gasteiger partial charge is 0.226 e. The summed E-state index contributed by atoms with van der Waals surface area (Å²) in [5.74, 6) is 1.44. The molecule has 0 bridgehead atoms. The van der Waals surface area contributed by atoms with E-state index in [1.807, 2.05) is 6.92 Å². The van der Waals surface area contributed by atoms with Crippen LogP contribution in [0.4, 0.5) is 0 Å². The number of hydrogen-bond donors (Lipinski definition) is 2. The molecule has 1 amide bonds. The number of H-pyrrole nitrogens is 1. The SMILES string of the molecule is CC(C)CC1(C(=O)NC(C)c2ncn[nH]2)CCCC1. The second-order valence-electron chi connectivity index (χ2n) is 6.15. The number of nitrogens with zero attached hydrogens (tertiary/aromatic N) is 2. The Kier molecular flexibility index (Phi) is 4.22. The van der Waals surface area contributed by atoms with E-state index in [2.05, 4.69) is 34.3 Å². The summed E-state index contributed by atoms with van der Waals surface area (Å²) < 4.78 is 0. The van der Waals surface area contributed by atoms with Crippen molar-refractivity contribution < 1.29 is 4.79 Å². The molecule has 0 radical (unpaired) electrons. The summed E-state index contributed by atoms with van der Waals surface area (Å²) in [6.45, 7) is 6.32. The zero-order valence-electron chi connectivity index (χ0n) is 12.1. The molecule has 1 atom stereocenters. The highest BCUT2D eigenvalue weighted by molar-refractivity contribution is 5.83. The van der Waals surface area contributed by atoms with E-state index in [9.17, 15) is 4.79 Å². The lowest BCUT2D eigenvalue weighted by Gasteiger charge is -2.30. The number of carbonyl (C=O) groups is 1. The second-order valence-corrected chi connectivity index (χ2v) is 6.15. The minimum absolute atomic E-state index is 0.111. The fraction of sp³-hybridized carbons (Fsp3) is 0.786. The highest BCUT2D eigenvalue weighted by atomic mass is 16.2. The maximum atomic E-state index is 12.6. The van der Waals surface area contributed by atoms with Gasteiger partial charge in [0, 0.05) is 5.41 Å². The van der Waals surface area contributed by atoms with Gasteiger partial charge in [-0.2, -0.15) is 5.10 Å². The average Bonchev–Trinajstić information content (AvgIpc) is 2.98. The Morgan fingerprint density at radius 1 is 1.42 bits per heavy atom. The van der Waals surface area contributed by atoms with E-state index in [1.165, 1.54) is 6.33 Å². The van der Waals surface area contributed by atoms with E-state index in [0.717, 1.165) is 32.1 Å². The van der Waals surface area contributed by atoms with Crippen LogP contribution in [0, 0.1) is 11.3 Å². The van der Waals surface area contributed by atoms with Gasteiger partial charge in [0.25, 0.3) is 0 Å². The van der Waals surface area contributed by atoms with Gasteiger partial charge >= 0.3 is 0 Å². The van der Waals surface area contributed by atoms with Crippen molar-refractivity contribution in [1.29, 1.82) is 0 Å². The zero-order chi connectivity index (χ0) is 13.9. The monoisotopic (exact) mass is 264 g/mol. The lowest BCUT2D eigenvalue weighted by molar-refractivity contribution is -0.132. The van der Waals surface area contributed by atoms with Crippen LogP contribution in [-0.2, 0) is 4.79 Å². The molecule has 0 saturated heterocycles. The van der Waals surface area contributed by atoms with Crippen molar-refractivity contribution in [2.75, 3.05) is 0 Å². The molecule has 1 heterocycles. The predicted molar refractivity (Wildman–Crippen MR) is 73.3 cm³/mol. The van der Waals surface area contributed by atoms with Gasteiger partial charge in [-0.1, -0.05) is 26.7 Å². The molecule has 1 aromatic rings. The molecule has 0 aromatic carbocycles. The number of hydrogen-bond acceptors (Lipinski definition) is 3. The van der Waals surface area contributed by atoms with E-state index in [-0.39, 0.29) is 17.4 Å². The molecule has 1 aliphatic carbocycles. The highest BCUT2D eigenvalue weighted by Crippen LogP contribution is 2.43. The van der Waals surface area contributed by atoms with Gasteiger partial charge in [-0.3, -0.25) is 9.89 Å². The van der Waals surface area contributed by atoms with Gasteiger partial charge in [0.05, 0.1) is 6.04 Å². The largest absolute Gasteiger partial charge is 0.346 e. The summed E-state index contributed by atoms with van der Waals surface area (Å²) in [4.78, 5) is 16.7. The molecule has 0 spiro atoms. The number of aromatic nitrogens is 3. The molecular formula is C14H24N4O. The van der Waals surface area contributed by atoms with Crippen molar-refractivity contribution in [2.45, 2.75) is 58.9 Å². The number of amides is 1. The van der Waals surface area contributed by atoms with Crippen molar-refractivity contribution in [3.05, 3.63) is 12.2 Å². The third-order valence-corrected chi connectivity index (χ3v) is 4.03. The molecule has 5 nitrogen and oxygen atoms in total. The van der Waals surface area contributed by atoms with Crippen LogP contribution in [0.25, 0.3) is 0 Å². The van der Waals surface area contributed by atoms with Gasteiger partial charge in [0.15, 0.2) is 0 Å². The lowest BCUT2D eigenvalue weighted by atomic mass is 9.77. The summed E-state index contributed by atoms with van der Waals surface area (Å²) in [5, 5.41) is 9.73.